The third-order valence-corrected chi connectivity index (χ3v) is 6.85. The first-order chi connectivity index (χ1) is 16.5. The van der Waals surface area contributed by atoms with E-state index in [1.54, 1.807) is 24.9 Å². The van der Waals surface area contributed by atoms with Gasteiger partial charge in [-0.1, -0.05) is 36.9 Å². The first kappa shape index (κ1) is 24.1. The highest BCUT2D eigenvalue weighted by Gasteiger charge is 2.24. The molecule has 34 heavy (non-hydrogen) atoms. The van der Waals surface area contributed by atoms with Gasteiger partial charge in [0.05, 0.1) is 50.1 Å². The summed E-state index contributed by atoms with van der Waals surface area (Å²) in [6, 6.07) is 12.8. The second kappa shape index (κ2) is 10.9. The SMILES string of the molecule is CCC1CN(C(=O)CSc2nc3ccccc3c(=O)n2Cc2ccc(OC)c(OC)c2)CCO1. The van der Waals surface area contributed by atoms with Crippen molar-refractivity contribution in [3.05, 3.63) is 58.4 Å². The second-order valence-electron chi connectivity index (χ2n) is 8.02. The van der Waals surface area contributed by atoms with Crippen LogP contribution in [0.3, 0.4) is 0 Å². The lowest BCUT2D eigenvalue weighted by atomic mass is 10.2. The van der Waals surface area contributed by atoms with Crippen molar-refractivity contribution < 1.29 is 19.0 Å². The summed E-state index contributed by atoms with van der Waals surface area (Å²) in [6.45, 7) is 4.08. The zero-order valence-corrected chi connectivity index (χ0v) is 20.5. The number of hydrogen-bond acceptors (Lipinski definition) is 7. The van der Waals surface area contributed by atoms with Crippen LogP contribution in [0.1, 0.15) is 18.9 Å². The van der Waals surface area contributed by atoms with Gasteiger partial charge in [-0.25, -0.2) is 4.98 Å². The predicted molar refractivity (Wildman–Crippen MR) is 132 cm³/mol. The minimum absolute atomic E-state index is 0.0202. The maximum atomic E-state index is 13.4. The Morgan fingerprint density at radius 2 is 1.97 bits per heavy atom. The summed E-state index contributed by atoms with van der Waals surface area (Å²) in [5.74, 6) is 1.43. The van der Waals surface area contributed by atoms with Gasteiger partial charge in [0, 0.05) is 13.1 Å². The van der Waals surface area contributed by atoms with Crippen LogP contribution in [-0.4, -0.2) is 66.1 Å². The Balaban J connectivity index is 1.63. The van der Waals surface area contributed by atoms with E-state index in [1.165, 1.54) is 11.8 Å². The minimum Gasteiger partial charge on any atom is -0.493 e. The Hall–Kier alpha value is -3.04. The van der Waals surface area contributed by atoms with E-state index in [0.717, 1.165) is 12.0 Å². The molecule has 4 rings (SSSR count). The molecule has 2 heterocycles. The van der Waals surface area contributed by atoms with Crippen molar-refractivity contribution in [2.24, 2.45) is 0 Å². The van der Waals surface area contributed by atoms with Gasteiger partial charge in [0.25, 0.3) is 5.56 Å². The molecule has 3 aromatic rings. The van der Waals surface area contributed by atoms with Gasteiger partial charge >= 0.3 is 0 Å². The lowest BCUT2D eigenvalue weighted by molar-refractivity contribution is -0.135. The number of amides is 1. The first-order valence-electron chi connectivity index (χ1n) is 11.3. The molecule has 1 aliphatic rings. The van der Waals surface area contributed by atoms with Gasteiger partial charge in [0.15, 0.2) is 16.7 Å². The number of nitrogens with zero attached hydrogens (tertiary/aromatic N) is 3. The van der Waals surface area contributed by atoms with E-state index < -0.39 is 0 Å². The normalized spacial score (nSPS) is 16.0. The number of ether oxygens (including phenoxy) is 3. The molecule has 1 fully saturated rings. The van der Waals surface area contributed by atoms with Gasteiger partial charge in [0.1, 0.15) is 0 Å². The standard InChI is InChI=1S/C25H29N3O5S/c1-4-18-15-27(11-12-33-18)23(29)16-34-25-26-20-8-6-5-7-19(20)24(30)28(25)14-17-9-10-21(31-2)22(13-17)32-3/h5-10,13,18H,4,11-12,14-16H2,1-3H3. The molecule has 180 valence electrons. The summed E-state index contributed by atoms with van der Waals surface area (Å²) in [7, 11) is 3.16. The summed E-state index contributed by atoms with van der Waals surface area (Å²) in [5, 5.41) is 1.05. The van der Waals surface area contributed by atoms with Crippen molar-refractivity contribution in [1.29, 1.82) is 0 Å². The van der Waals surface area contributed by atoms with Gasteiger partial charge in [-0.05, 0) is 36.2 Å². The molecule has 0 aliphatic carbocycles. The highest BCUT2D eigenvalue weighted by molar-refractivity contribution is 7.99. The fraction of sp³-hybridized carbons (Fsp3) is 0.400. The van der Waals surface area contributed by atoms with Crippen LogP contribution in [0.4, 0.5) is 0 Å². The van der Waals surface area contributed by atoms with Gasteiger partial charge in [-0.15, -0.1) is 0 Å². The van der Waals surface area contributed by atoms with Crippen LogP contribution < -0.4 is 15.0 Å². The Bertz CT molecular complexity index is 1230. The lowest BCUT2D eigenvalue weighted by Crippen LogP contribution is -2.46. The predicted octanol–water partition coefficient (Wildman–Crippen LogP) is 3.19. The number of thioether (sulfide) groups is 1. The number of hydrogen-bond donors (Lipinski definition) is 0. The highest BCUT2D eigenvalue weighted by atomic mass is 32.2. The molecule has 9 heteroatoms. The van der Waals surface area contributed by atoms with E-state index in [1.807, 2.05) is 41.3 Å². The molecule has 2 aromatic carbocycles. The minimum atomic E-state index is -0.146. The van der Waals surface area contributed by atoms with Crippen LogP contribution in [-0.2, 0) is 16.1 Å². The quantitative estimate of drug-likeness (QED) is 0.359. The smallest absolute Gasteiger partial charge is 0.262 e. The number of fused-ring (bicyclic) bond motifs is 1. The molecule has 0 saturated carbocycles. The molecular weight excluding hydrogens is 454 g/mol. The molecule has 0 radical (unpaired) electrons. The Morgan fingerprint density at radius 1 is 1.18 bits per heavy atom. The molecule has 1 saturated heterocycles. The molecule has 1 amide bonds. The molecule has 1 aromatic heterocycles. The summed E-state index contributed by atoms with van der Waals surface area (Å²) < 4.78 is 18.0. The van der Waals surface area contributed by atoms with E-state index in [9.17, 15) is 9.59 Å². The maximum Gasteiger partial charge on any atom is 0.262 e. The molecule has 0 bridgehead atoms. The van der Waals surface area contributed by atoms with E-state index in [-0.39, 0.29) is 23.3 Å². The first-order valence-corrected chi connectivity index (χ1v) is 12.2. The number of methoxy groups -OCH3 is 2. The zero-order valence-electron chi connectivity index (χ0n) is 19.7. The van der Waals surface area contributed by atoms with Crippen LogP contribution in [0.25, 0.3) is 10.9 Å². The number of rotatable bonds is 8. The van der Waals surface area contributed by atoms with Gasteiger partial charge < -0.3 is 19.1 Å². The molecule has 0 N–H and O–H groups in total. The van der Waals surface area contributed by atoms with Crippen molar-refractivity contribution in [3.8, 4) is 11.5 Å². The average Bonchev–Trinajstić information content (AvgIpc) is 2.89. The van der Waals surface area contributed by atoms with Gasteiger partial charge in [-0.2, -0.15) is 0 Å². The van der Waals surface area contributed by atoms with E-state index in [0.29, 0.717) is 53.8 Å². The van der Waals surface area contributed by atoms with Crippen molar-refractivity contribution in [2.45, 2.75) is 31.1 Å². The fourth-order valence-electron chi connectivity index (χ4n) is 3.97. The van der Waals surface area contributed by atoms with Crippen molar-refractivity contribution >= 4 is 28.6 Å². The summed E-state index contributed by atoms with van der Waals surface area (Å²) in [6.07, 6.45) is 0.943. The Kier molecular flexibility index (Phi) is 7.74. The van der Waals surface area contributed by atoms with Crippen LogP contribution in [0.5, 0.6) is 11.5 Å². The Morgan fingerprint density at radius 3 is 2.74 bits per heavy atom. The number of benzene rings is 2. The van der Waals surface area contributed by atoms with E-state index in [4.69, 9.17) is 19.2 Å². The third kappa shape index (κ3) is 5.20. The lowest BCUT2D eigenvalue weighted by Gasteiger charge is -2.32. The summed E-state index contributed by atoms with van der Waals surface area (Å²) >= 11 is 1.29. The number of carbonyl (C=O) groups excluding carboxylic acids is 1. The number of morpholine rings is 1. The van der Waals surface area contributed by atoms with Crippen LogP contribution >= 0.6 is 11.8 Å². The van der Waals surface area contributed by atoms with Crippen molar-refractivity contribution in [2.75, 3.05) is 39.7 Å². The molecule has 1 aliphatic heterocycles. The number of para-hydroxylation sites is 1. The molecule has 1 unspecified atom stereocenters. The van der Waals surface area contributed by atoms with Crippen LogP contribution in [0, 0.1) is 0 Å². The number of carbonyl (C=O) groups is 1. The van der Waals surface area contributed by atoms with Gasteiger partial charge in [0.2, 0.25) is 5.91 Å². The van der Waals surface area contributed by atoms with Crippen molar-refractivity contribution in [1.82, 2.24) is 14.5 Å². The molecule has 0 spiro atoms. The maximum absolute atomic E-state index is 13.4. The third-order valence-electron chi connectivity index (χ3n) is 5.89. The van der Waals surface area contributed by atoms with Crippen LogP contribution in [0.15, 0.2) is 52.4 Å². The molecule has 8 nitrogen and oxygen atoms in total. The van der Waals surface area contributed by atoms with Gasteiger partial charge in [-0.3, -0.25) is 14.2 Å². The van der Waals surface area contributed by atoms with Crippen molar-refractivity contribution in [3.63, 3.8) is 0 Å². The average molecular weight is 484 g/mol. The van der Waals surface area contributed by atoms with E-state index in [2.05, 4.69) is 6.92 Å². The van der Waals surface area contributed by atoms with E-state index >= 15 is 0 Å². The summed E-state index contributed by atoms with van der Waals surface area (Å²) in [5.41, 5.74) is 1.33. The largest absolute Gasteiger partial charge is 0.493 e. The second-order valence-corrected chi connectivity index (χ2v) is 8.96. The summed E-state index contributed by atoms with van der Waals surface area (Å²) in [4.78, 5) is 32.9. The molecular formula is C25H29N3O5S. The topological polar surface area (TPSA) is 82.9 Å². The molecule has 1 atom stereocenters. The Labute approximate surface area is 202 Å². The highest BCUT2D eigenvalue weighted by Crippen LogP contribution is 2.28. The zero-order chi connectivity index (χ0) is 24.1. The monoisotopic (exact) mass is 483 g/mol. The number of aromatic nitrogens is 2. The fourth-order valence-corrected chi connectivity index (χ4v) is 4.87. The van der Waals surface area contributed by atoms with Crippen LogP contribution in [0.2, 0.25) is 0 Å².